The van der Waals surface area contributed by atoms with Crippen molar-refractivity contribution in [3.63, 3.8) is 0 Å². The van der Waals surface area contributed by atoms with E-state index in [-0.39, 0.29) is 10.8 Å². The second kappa shape index (κ2) is 11.5. The SMILES string of the molecule is COCCN(CC(C)C)C(=O)c1ccc(N2CCCCC2)c(S(=O)(=O)N2CCCCC2)c1. The molecular formula is C24H39N3O4S. The van der Waals surface area contributed by atoms with E-state index in [1.165, 1.54) is 6.42 Å². The standard InChI is InChI=1S/C24H39N3O4S/c1-20(2)19-26(16-17-31-3)24(28)21-10-11-22(25-12-6-4-7-13-25)23(18-21)32(29,30)27-14-8-5-9-15-27/h10-11,18,20H,4-9,12-17,19H2,1-3H3. The van der Waals surface area contributed by atoms with Crippen LogP contribution in [0.15, 0.2) is 23.1 Å². The highest BCUT2D eigenvalue weighted by Gasteiger charge is 2.31. The Kier molecular flexibility index (Phi) is 8.96. The number of piperidine rings is 2. The van der Waals surface area contributed by atoms with E-state index in [1.54, 1.807) is 28.4 Å². The van der Waals surface area contributed by atoms with Gasteiger partial charge in [-0.2, -0.15) is 4.31 Å². The van der Waals surface area contributed by atoms with Gasteiger partial charge in [-0.05, 0) is 56.2 Å². The number of hydrogen-bond acceptors (Lipinski definition) is 5. The Morgan fingerprint density at radius 1 is 1.03 bits per heavy atom. The van der Waals surface area contributed by atoms with Gasteiger partial charge in [0.25, 0.3) is 5.91 Å². The summed E-state index contributed by atoms with van der Waals surface area (Å²) >= 11 is 0. The third-order valence-electron chi connectivity index (χ3n) is 6.27. The predicted octanol–water partition coefficient (Wildman–Crippen LogP) is 3.60. The molecule has 0 aliphatic carbocycles. The summed E-state index contributed by atoms with van der Waals surface area (Å²) in [5.74, 6) is 0.163. The number of nitrogens with zero attached hydrogens (tertiary/aromatic N) is 3. The van der Waals surface area contributed by atoms with Crippen molar-refractivity contribution in [2.24, 2.45) is 5.92 Å². The molecular weight excluding hydrogens is 426 g/mol. The molecule has 0 N–H and O–H groups in total. The maximum atomic E-state index is 13.7. The number of hydrogen-bond donors (Lipinski definition) is 0. The van der Waals surface area contributed by atoms with Crippen LogP contribution in [0.25, 0.3) is 0 Å². The van der Waals surface area contributed by atoms with E-state index in [2.05, 4.69) is 18.7 Å². The van der Waals surface area contributed by atoms with Gasteiger partial charge in [0.1, 0.15) is 4.90 Å². The lowest BCUT2D eigenvalue weighted by Gasteiger charge is -2.33. The molecule has 2 heterocycles. The van der Waals surface area contributed by atoms with Crippen LogP contribution in [0.4, 0.5) is 5.69 Å². The van der Waals surface area contributed by atoms with Crippen molar-refractivity contribution in [2.75, 3.05) is 57.9 Å². The zero-order valence-electron chi connectivity index (χ0n) is 19.9. The molecule has 1 amide bonds. The number of anilines is 1. The number of carbonyl (C=O) groups excluding carboxylic acids is 1. The Morgan fingerprint density at radius 3 is 2.25 bits per heavy atom. The Balaban J connectivity index is 1.99. The molecule has 0 atom stereocenters. The average Bonchev–Trinajstić information content (AvgIpc) is 2.82. The van der Waals surface area contributed by atoms with Gasteiger partial charge in [-0.1, -0.05) is 20.3 Å². The average molecular weight is 466 g/mol. The fraction of sp³-hybridized carbons (Fsp3) is 0.708. The lowest BCUT2D eigenvalue weighted by molar-refractivity contribution is 0.0672. The number of rotatable bonds is 9. The molecule has 32 heavy (non-hydrogen) atoms. The van der Waals surface area contributed by atoms with Gasteiger partial charge in [-0.25, -0.2) is 8.42 Å². The lowest BCUT2D eigenvalue weighted by atomic mass is 10.1. The van der Waals surface area contributed by atoms with Crippen LogP contribution in [0.2, 0.25) is 0 Å². The minimum absolute atomic E-state index is 0.143. The number of ether oxygens (including phenoxy) is 1. The molecule has 0 saturated carbocycles. The van der Waals surface area contributed by atoms with Crippen molar-refractivity contribution in [3.05, 3.63) is 23.8 Å². The van der Waals surface area contributed by atoms with Gasteiger partial charge in [0, 0.05) is 51.9 Å². The molecule has 2 aliphatic heterocycles. The van der Waals surface area contributed by atoms with Crippen LogP contribution < -0.4 is 4.90 Å². The lowest BCUT2D eigenvalue weighted by Crippen LogP contribution is -2.39. The molecule has 1 aromatic carbocycles. The molecule has 0 bridgehead atoms. The number of carbonyl (C=O) groups is 1. The number of benzene rings is 1. The van der Waals surface area contributed by atoms with E-state index < -0.39 is 10.0 Å². The Hall–Kier alpha value is -1.64. The minimum Gasteiger partial charge on any atom is -0.383 e. The summed E-state index contributed by atoms with van der Waals surface area (Å²) in [4.78, 5) is 17.6. The summed E-state index contributed by atoms with van der Waals surface area (Å²) in [6.07, 6.45) is 6.12. The second-order valence-electron chi connectivity index (χ2n) is 9.33. The molecule has 8 heteroatoms. The first kappa shape index (κ1) is 25.0. The molecule has 0 unspecified atom stereocenters. The molecule has 180 valence electrons. The number of sulfonamides is 1. The topological polar surface area (TPSA) is 70.2 Å². The molecule has 0 aromatic heterocycles. The van der Waals surface area contributed by atoms with Gasteiger partial charge < -0.3 is 14.5 Å². The molecule has 2 fully saturated rings. The fourth-order valence-corrected chi connectivity index (χ4v) is 6.35. The monoisotopic (exact) mass is 465 g/mol. The summed E-state index contributed by atoms with van der Waals surface area (Å²) < 4.78 is 34.2. The summed E-state index contributed by atoms with van der Waals surface area (Å²) in [7, 11) is -2.05. The van der Waals surface area contributed by atoms with Gasteiger partial charge >= 0.3 is 0 Å². The molecule has 2 aliphatic rings. The number of amides is 1. The first-order valence-corrected chi connectivity index (χ1v) is 13.5. The maximum Gasteiger partial charge on any atom is 0.253 e. The van der Waals surface area contributed by atoms with Crippen LogP contribution in [0, 0.1) is 5.92 Å². The van der Waals surface area contributed by atoms with Crippen molar-refractivity contribution in [1.29, 1.82) is 0 Å². The summed E-state index contributed by atoms with van der Waals surface area (Å²) in [5.41, 5.74) is 1.16. The first-order chi connectivity index (χ1) is 15.3. The Morgan fingerprint density at radius 2 is 1.66 bits per heavy atom. The fourth-order valence-electron chi connectivity index (χ4n) is 4.59. The summed E-state index contributed by atoms with van der Waals surface area (Å²) in [6.45, 7) is 8.47. The smallest absolute Gasteiger partial charge is 0.253 e. The highest BCUT2D eigenvalue weighted by Crippen LogP contribution is 2.32. The van der Waals surface area contributed by atoms with Crippen LogP contribution in [0.5, 0.6) is 0 Å². The van der Waals surface area contributed by atoms with Crippen molar-refractivity contribution in [3.8, 4) is 0 Å². The quantitative estimate of drug-likeness (QED) is 0.557. The van der Waals surface area contributed by atoms with E-state index >= 15 is 0 Å². The van der Waals surface area contributed by atoms with Gasteiger partial charge in [-0.15, -0.1) is 0 Å². The van der Waals surface area contributed by atoms with E-state index in [9.17, 15) is 13.2 Å². The van der Waals surface area contributed by atoms with Crippen LogP contribution in [-0.4, -0.2) is 76.5 Å². The Bertz CT molecular complexity index is 860. The zero-order chi connectivity index (χ0) is 23.1. The van der Waals surface area contributed by atoms with Crippen LogP contribution in [0.1, 0.15) is 62.7 Å². The first-order valence-electron chi connectivity index (χ1n) is 12.0. The highest BCUT2D eigenvalue weighted by atomic mass is 32.2. The highest BCUT2D eigenvalue weighted by molar-refractivity contribution is 7.89. The molecule has 7 nitrogen and oxygen atoms in total. The molecule has 0 radical (unpaired) electrons. The molecule has 0 spiro atoms. The van der Waals surface area contributed by atoms with E-state index in [4.69, 9.17) is 4.74 Å². The van der Waals surface area contributed by atoms with E-state index in [1.807, 2.05) is 6.07 Å². The minimum atomic E-state index is -3.67. The molecule has 2 saturated heterocycles. The van der Waals surface area contributed by atoms with Gasteiger partial charge in [0.15, 0.2) is 0 Å². The Labute approximate surface area is 193 Å². The normalized spacial score (nSPS) is 18.2. The van der Waals surface area contributed by atoms with Gasteiger partial charge in [-0.3, -0.25) is 4.79 Å². The van der Waals surface area contributed by atoms with Crippen LogP contribution in [-0.2, 0) is 14.8 Å². The number of methoxy groups -OCH3 is 1. The van der Waals surface area contributed by atoms with Crippen molar-refractivity contribution < 1.29 is 17.9 Å². The third-order valence-corrected chi connectivity index (χ3v) is 8.20. The van der Waals surface area contributed by atoms with Crippen molar-refractivity contribution >= 4 is 21.6 Å². The van der Waals surface area contributed by atoms with Crippen molar-refractivity contribution in [2.45, 2.75) is 57.3 Å². The van der Waals surface area contributed by atoms with Crippen LogP contribution in [0.3, 0.4) is 0 Å². The maximum absolute atomic E-state index is 13.7. The van der Waals surface area contributed by atoms with Crippen molar-refractivity contribution in [1.82, 2.24) is 9.21 Å². The molecule has 1 aromatic rings. The van der Waals surface area contributed by atoms with E-state index in [0.717, 1.165) is 50.9 Å². The summed E-state index contributed by atoms with van der Waals surface area (Å²) in [6, 6.07) is 5.26. The third kappa shape index (κ3) is 6.02. The zero-order valence-corrected chi connectivity index (χ0v) is 20.7. The molecule has 3 rings (SSSR count). The largest absolute Gasteiger partial charge is 0.383 e. The van der Waals surface area contributed by atoms with Gasteiger partial charge in [0.05, 0.1) is 12.3 Å². The van der Waals surface area contributed by atoms with Crippen LogP contribution >= 0.6 is 0 Å². The summed E-state index contributed by atoms with van der Waals surface area (Å²) in [5, 5.41) is 0. The second-order valence-corrected chi connectivity index (χ2v) is 11.2. The van der Waals surface area contributed by atoms with Gasteiger partial charge in [0.2, 0.25) is 10.0 Å². The van der Waals surface area contributed by atoms with E-state index in [0.29, 0.717) is 44.3 Å². The predicted molar refractivity (Wildman–Crippen MR) is 128 cm³/mol.